The van der Waals surface area contributed by atoms with Gasteiger partial charge in [0.1, 0.15) is 30.0 Å². The molecule has 1 spiro atoms. The normalized spacial score (nSPS) is 53.6. The van der Waals surface area contributed by atoms with Crippen molar-refractivity contribution in [1.29, 1.82) is 0 Å². The summed E-state index contributed by atoms with van der Waals surface area (Å²) in [7, 11) is 0. The van der Waals surface area contributed by atoms with Crippen molar-refractivity contribution >= 4 is 10.9 Å². The van der Waals surface area contributed by atoms with Gasteiger partial charge in [-0.3, -0.25) is 0 Å². The fourth-order valence-corrected chi connectivity index (χ4v) is 10.4. The molecule has 39 heavy (non-hydrogen) atoms. The largest absolute Gasteiger partial charge is 0.386 e. The molecule has 7 aliphatic rings. The molecule has 2 aromatic rings. The molecule has 210 valence electrons. The summed E-state index contributed by atoms with van der Waals surface area (Å²) in [5.74, 6) is 0.493. The molecule has 6 fully saturated rings. The van der Waals surface area contributed by atoms with E-state index in [1.165, 1.54) is 22.2 Å². The summed E-state index contributed by atoms with van der Waals surface area (Å²) in [6, 6.07) is 8.67. The third kappa shape index (κ3) is 2.52. The highest BCUT2D eigenvalue weighted by Crippen LogP contribution is 2.75. The summed E-state index contributed by atoms with van der Waals surface area (Å²) in [5, 5.41) is 14.5. The number of benzene rings is 1. The van der Waals surface area contributed by atoms with E-state index in [4.69, 9.17) is 23.7 Å². The average Bonchev–Trinajstić information content (AvgIpc) is 3.71. The lowest BCUT2D eigenvalue weighted by atomic mass is 9.40. The molecular weight excluding hydrogens is 494 g/mol. The highest BCUT2D eigenvalue weighted by atomic mass is 16.8. The second kappa shape index (κ2) is 6.77. The number of epoxide rings is 2. The maximum absolute atomic E-state index is 13.1. The molecule has 0 unspecified atom stereocenters. The number of H-pyrrole nitrogens is 1. The zero-order chi connectivity index (χ0) is 27.0. The van der Waals surface area contributed by atoms with Crippen LogP contribution in [0.3, 0.4) is 0 Å². The molecule has 3 aliphatic carbocycles. The van der Waals surface area contributed by atoms with Gasteiger partial charge in [-0.2, -0.15) is 0 Å². The van der Waals surface area contributed by atoms with Crippen LogP contribution in [0.1, 0.15) is 78.5 Å². The molecule has 0 radical (unpaired) electrons. The number of rotatable bonds is 1. The maximum Gasteiger partial charge on any atom is 0.187 e. The third-order valence-corrected chi connectivity index (χ3v) is 12.8. The van der Waals surface area contributed by atoms with E-state index in [2.05, 4.69) is 70.8 Å². The Morgan fingerprint density at radius 1 is 0.846 bits per heavy atom. The Hall–Kier alpha value is -1.48. The number of para-hydroxylation sites is 1. The van der Waals surface area contributed by atoms with Crippen LogP contribution in [0, 0.1) is 11.3 Å². The molecule has 9 rings (SSSR count). The van der Waals surface area contributed by atoms with Gasteiger partial charge < -0.3 is 33.8 Å². The predicted octanol–water partition coefficient (Wildman–Crippen LogP) is 4.53. The van der Waals surface area contributed by atoms with E-state index in [1.54, 1.807) is 0 Å². The zero-order valence-corrected chi connectivity index (χ0v) is 23.9. The van der Waals surface area contributed by atoms with Crippen LogP contribution in [0.5, 0.6) is 0 Å². The van der Waals surface area contributed by atoms with Gasteiger partial charge in [0, 0.05) is 27.4 Å². The Bertz CT molecular complexity index is 1420. The van der Waals surface area contributed by atoms with E-state index >= 15 is 0 Å². The third-order valence-electron chi connectivity index (χ3n) is 12.8. The lowest BCUT2D eigenvalue weighted by molar-refractivity contribution is -0.356. The van der Waals surface area contributed by atoms with Crippen LogP contribution in [-0.4, -0.2) is 69.3 Å². The highest BCUT2D eigenvalue weighted by molar-refractivity contribution is 5.86. The van der Waals surface area contributed by atoms with Gasteiger partial charge in [0.05, 0.1) is 17.3 Å². The van der Waals surface area contributed by atoms with Gasteiger partial charge >= 0.3 is 0 Å². The van der Waals surface area contributed by atoms with E-state index < -0.39 is 23.1 Å². The average molecular weight is 536 g/mol. The van der Waals surface area contributed by atoms with E-state index in [9.17, 15) is 5.11 Å². The summed E-state index contributed by atoms with van der Waals surface area (Å²) in [5.41, 5.74) is 0.803. The number of hydrogen-bond acceptors (Lipinski definition) is 6. The standard InChI is InChI=1S/C32H41NO6/c1-27(2)23-21(36-26(39-27)25-28(3,4)37-25)24-32(38-24)20(35-23)12-13-29(5)30(6)16(11-14-31(29,32)34)15-18-17-9-7-8-10-19(17)33-22(18)30/h7-10,16,20-21,23-26,33-34H,11-15H2,1-6H3/t16-,20-,21+,23-,24+,25-,26-,29+,30+,31-,32-/m1/s1. The molecular formula is C32H41NO6. The molecule has 0 amide bonds. The summed E-state index contributed by atoms with van der Waals surface area (Å²) < 4.78 is 32.7. The minimum Gasteiger partial charge on any atom is -0.386 e. The highest BCUT2D eigenvalue weighted by Gasteiger charge is 2.87. The number of aromatic nitrogens is 1. The van der Waals surface area contributed by atoms with Crippen molar-refractivity contribution in [2.75, 3.05) is 0 Å². The molecule has 7 heteroatoms. The first-order valence-corrected chi connectivity index (χ1v) is 15.0. The molecule has 1 aromatic heterocycles. The molecule has 2 saturated carbocycles. The minimum absolute atomic E-state index is 0.113. The Kier molecular flexibility index (Phi) is 4.19. The monoisotopic (exact) mass is 535 g/mol. The van der Waals surface area contributed by atoms with Crippen molar-refractivity contribution < 1.29 is 28.8 Å². The molecule has 4 saturated heterocycles. The fraction of sp³-hybridized carbons (Fsp3) is 0.750. The Labute approximate surface area is 229 Å². The number of aromatic amines is 1. The van der Waals surface area contributed by atoms with Gasteiger partial charge in [-0.05, 0) is 77.3 Å². The first-order chi connectivity index (χ1) is 18.4. The lowest BCUT2D eigenvalue weighted by Crippen LogP contribution is -2.77. The van der Waals surface area contributed by atoms with Crippen LogP contribution in [0.4, 0.5) is 0 Å². The molecule has 5 heterocycles. The van der Waals surface area contributed by atoms with Gasteiger partial charge in [0.25, 0.3) is 0 Å². The summed E-state index contributed by atoms with van der Waals surface area (Å²) >= 11 is 0. The van der Waals surface area contributed by atoms with Crippen LogP contribution < -0.4 is 0 Å². The number of nitrogens with one attached hydrogen (secondary N) is 1. The predicted molar refractivity (Wildman–Crippen MR) is 143 cm³/mol. The van der Waals surface area contributed by atoms with E-state index in [-0.39, 0.29) is 47.0 Å². The van der Waals surface area contributed by atoms with E-state index in [0.29, 0.717) is 5.92 Å². The van der Waals surface area contributed by atoms with Crippen LogP contribution in [0.25, 0.3) is 10.9 Å². The van der Waals surface area contributed by atoms with Crippen LogP contribution in [0.15, 0.2) is 24.3 Å². The second-order valence-electron chi connectivity index (χ2n) is 15.1. The Morgan fingerprint density at radius 3 is 2.36 bits per heavy atom. The fourth-order valence-electron chi connectivity index (χ4n) is 10.4. The molecule has 1 aromatic carbocycles. The van der Waals surface area contributed by atoms with Gasteiger partial charge in [0.15, 0.2) is 11.9 Å². The summed E-state index contributed by atoms with van der Waals surface area (Å²) in [6.45, 7) is 13.1. The number of ether oxygens (including phenoxy) is 5. The van der Waals surface area contributed by atoms with Gasteiger partial charge in [-0.1, -0.05) is 32.0 Å². The number of aliphatic hydroxyl groups is 1. The van der Waals surface area contributed by atoms with Crippen molar-refractivity contribution in [3.8, 4) is 0 Å². The zero-order valence-electron chi connectivity index (χ0n) is 23.9. The van der Waals surface area contributed by atoms with E-state index in [0.717, 1.165) is 32.1 Å². The smallest absolute Gasteiger partial charge is 0.187 e. The van der Waals surface area contributed by atoms with Crippen molar-refractivity contribution in [1.82, 2.24) is 4.98 Å². The van der Waals surface area contributed by atoms with Crippen molar-refractivity contribution in [3.63, 3.8) is 0 Å². The summed E-state index contributed by atoms with van der Waals surface area (Å²) in [6.07, 6.45) is 2.96. The molecule has 0 bridgehead atoms. The van der Waals surface area contributed by atoms with Crippen molar-refractivity contribution in [3.05, 3.63) is 35.5 Å². The van der Waals surface area contributed by atoms with Crippen LogP contribution in [0.2, 0.25) is 0 Å². The Morgan fingerprint density at radius 2 is 1.59 bits per heavy atom. The first kappa shape index (κ1) is 24.2. The van der Waals surface area contributed by atoms with Crippen molar-refractivity contribution in [2.45, 2.75) is 138 Å². The lowest BCUT2D eigenvalue weighted by Gasteiger charge is -2.66. The molecule has 11 atom stereocenters. The van der Waals surface area contributed by atoms with Gasteiger partial charge in [-0.25, -0.2) is 0 Å². The van der Waals surface area contributed by atoms with E-state index in [1.807, 2.05) is 0 Å². The van der Waals surface area contributed by atoms with Crippen LogP contribution in [-0.2, 0) is 35.5 Å². The maximum atomic E-state index is 13.1. The van der Waals surface area contributed by atoms with Crippen LogP contribution >= 0.6 is 0 Å². The minimum atomic E-state index is -1.03. The number of hydrogen-bond donors (Lipinski definition) is 2. The summed E-state index contributed by atoms with van der Waals surface area (Å²) in [4.78, 5) is 3.84. The Balaban J connectivity index is 1.13. The van der Waals surface area contributed by atoms with Gasteiger partial charge in [-0.15, -0.1) is 0 Å². The van der Waals surface area contributed by atoms with Crippen molar-refractivity contribution in [2.24, 2.45) is 11.3 Å². The van der Waals surface area contributed by atoms with Gasteiger partial charge in [0.2, 0.25) is 0 Å². The molecule has 7 nitrogen and oxygen atoms in total. The topological polar surface area (TPSA) is 88.8 Å². The molecule has 2 N–H and O–H groups in total. The number of fused-ring (bicyclic) bond motifs is 9. The SMILES string of the molecule is CC1(C)O[C@@H]1[C@@H]1O[C@H]2[C@@H](O[C@@H]3CC[C@]4(C)[C@](O)(CC[C@@H]5Cc6c([nH]c7ccccc67)[C@]54C)[C@@]34O[C@@H]24)C(C)(C)O1. The quantitative estimate of drug-likeness (QED) is 0.522. The first-order valence-electron chi connectivity index (χ1n) is 15.0. The second-order valence-corrected chi connectivity index (χ2v) is 15.1. The molecule has 4 aliphatic heterocycles.